The minimum Gasteiger partial charge on any atom is -0.493 e. The van der Waals surface area contributed by atoms with Gasteiger partial charge in [-0.15, -0.1) is 0 Å². The lowest BCUT2D eigenvalue weighted by Crippen LogP contribution is -2.34. The number of methoxy groups -OCH3 is 2. The second-order valence-electron chi connectivity index (χ2n) is 6.36. The van der Waals surface area contributed by atoms with Gasteiger partial charge in [0.1, 0.15) is 23.3 Å². The van der Waals surface area contributed by atoms with Crippen molar-refractivity contribution in [3.63, 3.8) is 0 Å². The van der Waals surface area contributed by atoms with Gasteiger partial charge < -0.3 is 19.5 Å². The number of nitrogens with zero attached hydrogens (tertiary/aromatic N) is 3. The topological polar surface area (TPSA) is 111 Å². The van der Waals surface area contributed by atoms with Gasteiger partial charge in [0.25, 0.3) is 0 Å². The molecule has 0 saturated carbocycles. The maximum Gasteiger partial charge on any atom is 0.316 e. The SMILES string of the molecule is C1=NC=NC1.COCCCOc1ccnc(CS(=O)(=O)C2=CC=CC(OC)N2)c1C.[MgH2]. The second-order valence-corrected chi connectivity index (χ2v) is 8.32. The van der Waals surface area contributed by atoms with E-state index < -0.39 is 16.1 Å². The van der Waals surface area contributed by atoms with Gasteiger partial charge >= 0.3 is 23.1 Å². The van der Waals surface area contributed by atoms with Gasteiger partial charge in [-0.3, -0.25) is 9.98 Å². The molecule has 9 nitrogen and oxygen atoms in total. The van der Waals surface area contributed by atoms with Crippen LogP contribution in [0.25, 0.3) is 0 Å². The summed E-state index contributed by atoms with van der Waals surface area (Å²) in [6.07, 6.45) is 10.1. The normalized spacial score (nSPS) is 16.6. The second kappa shape index (κ2) is 14.3. The number of hydrogen-bond acceptors (Lipinski definition) is 9. The fourth-order valence-corrected chi connectivity index (χ4v) is 3.94. The zero-order chi connectivity index (χ0) is 21.8. The van der Waals surface area contributed by atoms with Crippen LogP contribution in [0.2, 0.25) is 0 Å². The first-order valence-corrected chi connectivity index (χ1v) is 11.1. The number of pyridine rings is 1. The van der Waals surface area contributed by atoms with E-state index in [-0.39, 0.29) is 33.8 Å². The molecule has 11 heteroatoms. The average Bonchev–Trinajstić information content (AvgIpc) is 3.34. The Hall–Kier alpha value is -1.79. The molecule has 0 aliphatic carbocycles. The lowest BCUT2D eigenvalue weighted by Gasteiger charge is -2.20. The number of aromatic nitrogens is 1. The van der Waals surface area contributed by atoms with Gasteiger partial charge in [0.05, 0.1) is 24.6 Å². The van der Waals surface area contributed by atoms with Crippen LogP contribution in [0.1, 0.15) is 17.7 Å². The molecule has 0 bridgehead atoms. The highest BCUT2D eigenvalue weighted by atomic mass is 32.2. The summed E-state index contributed by atoms with van der Waals surface area (Å²) in [6.45, 7) is 3.70. The summed E-state index contributed by atoms with van der Waals surface area (Å²) in [4.78, 5) is 11.6. The number of sulfone groups is 1. The van der Waals surface area contributed by atoms with Gasteiger partial charge in [-0.1, -0.05) is 6.08 Å². The van der Waals surface area contributed by atoms with Crippen molar-refractivity contribution in [1.29, 1.82) is 0 Å². The van der Waals surface area contributed by atoms with Crippen molar-refractivity contribution in [2.24, 2.45) is 9.98 Å². The first-order valence-electron chi connectivity index (χ1n) is 9.44. The Bertz CT molecular complexity index is 906. The number of aliphatic imine (C=N–C) groups is 2. The molecule has 1 unspecified atom stereocenters. The number of hydrogen-bond donors (Lipinski definition) is 1. The van der Waals surface area contributed by atoms with E-state index in [4.69, 9.17) is 14.2 Å². The third kappa shape index (κ3) is 9.07. The third-order valence-electron chi connectivity index (χ3n) is 4.18. The molecular formula is C20H30MgN4O5S. The van der Waals surface area contributed by atoms with Crippen molar-refractivity contribution in [2.45, 2.75) is 25.3 Å². The maximum absolute atomic E-state index is 12.7. The highest BCUT2D eigenvalue weighted by molar-refractivity contribution is 7.94. The molecule has 1 aromatic rings. The van der Waals surface area contributed by atoms with Crippen LogP contribution in [0.5, 0.6) is 5.75 Å². The van der Waals surface area contributed by atoms with E-state index in [1.54, 1.807) is 44.1 Å². The van der Waals surface area contributed by atoms with E-state index in [1.807, 2.05) is 6.92 Å². The first-order chi connectivity index (χ1) is 14.5. The van der Waals surface area contributed by atoms with E-state index in [2.05, 4.69) is 20.3 Å². The minimum absolute atomic E-state index is 0. The predicted molar refractivity (Wildman–Crippen MR) is 125 cm³/mol. The molecule has 0 aromatic carbocycles. The molecule has 1 aromatic heterocycles. The van der Waals surface area contributed by atoms with Crippen LogP contribution in [-0.2, 0) is 25.1 Å². The Labute approximate surface area is 199 Å². The largest absolute Gasteiger partial charge is 0.493 e. The Kier molecular flexibility index (Phi) is 12.6. The molecule has 2 aliphatic heterocycles. The molecule has 0 spiro atoms. The van der Waals surface area contributed by atoms with Crippen LogP contribution in [0.4, 0.5) is 0 Å². The monoisotopic (exact) mass is 462 g/mol. The molecule has 0 amide bonds. The van der Waals surface area contributed by atoms with Gasteiger partial charge in [0, 0.05) is 45.2 Å². The van der Waals surface area contributed by atoms with E-state index >= 15 is 0 Å². The van der Waals surface area contributed by atoms with E-state index in [9.17, 15) is 8.42 Å². The van der Waals surface area contributed by atoms with Gasteiger partial charge in [-0.05, 0) is 25.1 Å². The van der Waals surface area contributed by atoms with Gasteiger partial charge in [-0.25, -0.2) is 13.4 Å². The molecular weight excluding hydrogens is 433 g/mol. The third-order valence-corrected chi connectivity index (χ3v) is 5.76. The smallest absolute Gasteiger partial charge is 0.316 e. The summed E-state index contributed by atoms with van der Waals surface area (Å²) in [5, 5.41) is 2.96. The highest BCUT2D eigenvalue weighted by Crippen LogP contribution is 2.23. The fourth-order valence-electron chi connectivity index (χ4n) is 2.55. The van der Waals surface area contributed by atoms with Gasteiger partial charge in [-0.2, -0.15) is 0 Å². The van der Waals surface area contributed by atoms with Crippen molar-refractivity contribution in [3.8, 4) is 5.75 Å². The molecule has 168 valence electrons. The maximum atomic E-state index is 12.7. The van der Waals surface area contributed by atoms with Crippen molar-refractivity contribution in [2.75, 3.05) is 34.0 Å². The Morgan fingerprint density at radius 3 is 2.68 bits per heavy atom. The summed E-state index contributed by atoms with van der Waals surface area (Å²) >= 11 is 0. The number of dihydropyridines is 1. The number of nitrogens with one attached hydrogen (secondary N) is 1. The zero-order valence-electron chi connectivity index (χ0n) is 17.4. The van der Waals surface area contributed by atoms with Crippen LogP contribution >= 0.6 is 0 Å². The summed E-state index contributed by atoms with van der Waals surface area (Å²) < 4.78 is 41.1. The predicted octanol–water partition coefficient (Wildman–Crippen LogP) is 0.876. The molecule has 0 radical (unpaired) electrons. The number of ether oxygens (including phenoxy) is 3. The van der Waals surface area contributed by atoms with Crippen molar-refractivity contribution in [1.82, 2.24) is 10.3 Å². The molecule has 3 rings (SSSR count). The Balaban J connectivity index is 0.000000701. The van der Waals surface area contributed by atoms with Crippen molar-refractivity contribution in [3.05, 3.63) is 46.8 Å². The minimum atomic E-state index is -3.57. The summed E-state index contributed by atoms with van der Waals surface area (Å²) in [6, 6.07) is 1.74. The molecule has 1 N–H and O–H groups in total. The molecule has 1 atom stereocenters. The Morgan fingerprint density at radius 2 is 2.06 bits per heavy atom. The summed E-state index contributed by atoms with van der Waals surface area (Å²) in [7, 11) is -0.423. The van der Waals surface area contributed by atoms with Gasteiger partial charge in [0.15, 0.2) is 9.84 Å². The number of rotatable bonds is 9. The van der Waals surface area contributed by atoms with Crippen molar-refractivity contribution < 1.29 is 22.6 Å². The summed E-state index contributed by atoms with van der Waals surface area (Å²) in [5.74, 6) is 0.425. The highest BCUT2D eigenvalue weighted by Gasteiger charge is 2.24. The first kappa shape index (κ1) is 27.2. The molecule has 0 saturated heterocycles. The van der Waals surface area contributed by atoms with Crippen LogP contribution in [0.15, 0.2) is 45.5 Å². The van der Waals surface area contributed by atoms with Gasteiger partial charge in [0.2, 0.25) is 0 Å². The summed E-state index contributed by atoms with van der Waals surface area (Å²) in [5.41, 5.74) is 1.19. The quantitative estimate of drug-likeness (QED) is 0.428. The van der Waals surface area contributed by atoms with Crippen LogP contribution in [0.3, 0.4) is 0 Å². The molecule has 2 aliphatic rings. The number of allylic oxidation sites excluding steroid dienone is 2. The lowest BCUT2D eigenvalue weighted by atomic mass is 10.2. The average molecular weight is 463 g/mol. The van der Waals surface area contributed by atoms with E-state index in [0.29, 0.717) is 24.7 Å². The molecule has 0 fully saturated rings. The van der Waals surface area contributed by atoms with Crippen LogP contribution in [-0.4, -0.2) is 89.2 Å². The van der Waals surface area contributed by atoms with E-state index in [1.165, 1.54) is 13.2 Å². The Morgan fingerprint density at radius 1 is 1.26 bits per heavy atom. The van der Waals surface area contributed by atoms with E-state index in [0.717, 1.165) is 18.5 Å². The molecule has 3 heterocycles. The fraction of sp³-hybridized carbons (Fsp3) is 0.450. The standard InChI is InChI=1S/C17H24N2O5S.C3H4N2.Mg.2H/c1-13-14(18-9-8-15(13)24-11-5-10-22-2)12-25(20,21)17-7-4-6-16(19-17)23-3;1-2-5-3-4-1;;;/h4,6-9,16,19H,5,10-12H2,1-3H3;1,3H,2H2;;;. The lowest BCUT2D eigenvalue weighted by molar-refractivity contribution is 0.122. The van der Waals surface area contributed by atoms with Crippen LogP contribution < -0.4 is 10.1 Å². The zero-order valence-corrected chi connectivity index (χ0v) is 18.3. The van der Waals surface area contributed by atoms with Crippen molar-refractivity contribution >= 4 is 45.4 Å². The van der Waals surface area contributed by atoms with Crippen LogP contribution in [0, 0.1) is 6.92 Å². The molecule has 31 heavy (non-hydrogen) atoms.